The lowest BCUT2D eigenvalue weighted by atomic mass is 10.2. The van der Waals surface area contributed by atoms with Gasteiger partial charge in [0.1, 0.15) is 4.75 Å². The van der Waals surface area contributed by atoms with Gasteiger partial charge in [0.2, 0.25) is 0 Å². The van der Waals surface area contributed by atoms with E-state index < -0.39 is 13.6 Å². The van der Waals surface area contributed by atoms with E-state index in [1.54, 1.807) is 21.3 Å². The van der Waals surface area contributed by atoms with Crippen LogP contribution in [0.4, 0.5) is 0 Å². The van der Waals surface area contributed by atoms with E-state index in [2.05, 4.69) is 0 Å². The van der Waals surface area contributed by atoms with Crippen LogP contribution < -0.4 is 0 Å². The highest BCUT2D eigenvalue weighted by Gasteiger charge is 2.52. The monoisotopic (exact) mass is 312 g/mol. The van der Waals surface area contributed by atoms with Gasteiger partial charge in [0.25, 0.3) is 0 Å². The minimum absolute atomic E-state index is 0.180. The van der Waals surface area contributed by atoms with Crippen LogP contribution in [0.3, 0.4) is 0 Å². The Bertz CT molecular complexity index is 326. The van der Waals surface area contributed by atoms with Gasteiger partial charge in [0.05, 0.1) is 6.61 Å². The number of rotatable bonds is 8. The molecule has 1 rings (SSSR count). The van der Waals surface area contributed by atoms with Crippen LogP contribution in [0.25, 0.3) is 0 Å². The van der Waals surface area contributed by atoms with Crippen molar-refractivity contribution in [2.45, 2.75) is 24.1 Å². The van der Waals surface area contributed by atoms with Gasteiger partial charge in [-0.1, -0.05) is 11.2 Å². The number of carbonyl (C=O) groups is 1. The van der Waals surface area contributed by atoms with Crippen LogP contribution in [0.2, 0.25) is 6.04 Å². The van der Waals surface area contributed by atoms with E-state index in [9.17, 15) is 4.79 Å². The van der Waals surface area contributed by atoms with Crippen molar-refractivity contribution in [2.24, 2.45) is 0 Å². The highest BCUT2D eigenvalue weighted by molar-refractivity contribution is 8.34. The van der Waals surface area contributed by atoms with Crippen molar-refractivity contribution in [2.75, 3.05) is 33.7 Å². The Balaban J connectivity index is 2.26. The molecule has 2 atom stereocenters. The first kappa shape index (κ1) is 16.2. The first-order chi connectivity index (χ1) is 8.44. The van der Waals surface area contributed by atoms with E-state index in [1.165, 1.54) is 0 Å². The lowest BCUT2D eigenvalue weighted by molar-refractivity contribution is -0.144. The van der Waals surface area contributed by atoms with Crippen molar-refractivity contribution in [1.82, 2.24) is 0 Å². The minimum atomic E-state index is -2.54. The largest absolute Gasteiger partial charge is 0.500 e. The highest BCUT2D eigenvalue weighted by Crippen LogP contribution is 2.33. The number of esters is 1. The molecule has 1 aliphatic heterocycles. The summed E-state index contributed by atoms with van der Waals surface area (Å²) in [6.07, 6.45) is 0.661. The third-order valence-corrected chi connectivity index (χ3v) is 9.14. The lowest BCUT2D eigenvalue weighted by Gasteiger charge is -2.24. The molecule has 0 aromatic carbocycles. The Morgan fingerprint density at radius 1 is 1.33 bits per heavy atom. The molecule has 1 fully saturated rings. The van der Waals surface area contributed by atoms with E-state index in [0.29, 0.717) is 19.1 Å². The zero-order valence-electron chi connectivity index (χ0n) is 11.2. The van der Waals surface area contributed by atoms with Crippen molar-refractivity contribution in [3.05, 3.63) is 0 Å². The molecule has 0 N–H and O–H groups in total. The third-order valence-electron chi connectivity index (χ3n) is 3.05. The van der Waals surface area contributed by atoms with Gasteiger partial charge in [-0.3, -0.25) is 4.79 Å². The average molecular weight is 312 g/mol. The standard InChI is InChI=1S/C10H20O5S2Si/c1-10(8-17(10)16)9(11)15-6-5-7-18(12-2,13-3)14-4/h5-8H2,1-4H3. The fraction of sp³-hybridized carbons (Fsp3) is 0.900. The summed E-state index contributed by atoms with van der Waals surface area (Å²) in [6.45, 7) is 2.22. The van der Waals surface area contributed by atoms with Gasteiger partial charge in [-0.05, 0) is 13.3 Å². The topological polar surface area (TPSA) is 54.0 Å². The number of ether oxygens (including phenoxy) is 1. The zero-order valence-corrected chi connectivity index (χ0v) is 13.8. The molecule has 0 aromatic heterocycles. The summed E-state index contributed by atoms with van der Waals surface area (Å²) in [7, 11) is 1.93. The number of carbonyl (C=O) groups excluding carboxylic acids is 1. The number of hydrogen-bond donors (Lipinski definition) is 0. The molecule has 0 spiro atoms. The molecular weight excluding hydrogens is 292 g/mol. The fourth-order valence-corrected chi connectivity index (χ4v) is 5.34. The van der Waals surface area contributed by atoms with Crippen molar-refractivity contribution in [3.8, 4) is 0 Å². The Labute approximate surface area is 116 Å². The smallest absolute Gasteiger partial charge is 0.465 e. The summed E-state index contributed by atoms with van der Waals surface area (Å²) in [5.74, 6) is 0.592. The molecule has 0 aromatic rings. The van der Waals surface area contributed by atoms with Gasteiger partial charge in [0, 0.05) is 33.1 Å². The molecule has 5 nitrogen and oxygen atoms in total. The zero-order chi connectivity index (χ0) is 13.8. The first-order valence-electron chi connectivity index (χ1n) is 5.65. The maximum absolute atomic E-state index is 11.7. The van der Waals surface area contributed by atoms with Crippen LogP contribution in [0.5, 0.6) is 0 Å². The molecule has 1 heterocycles. The van der Waals surface area contributed by atoms with Crippen LogP contribution >= 0.6 is 0 Å². The summed E-state index contributed by atoms with van der Waals surface area (Å²) < 4.78 is 20.7. The number of hydrogen-bond acceptors (Lipinski definition) is 6. The molecule has 0 saturated carbocycles. The van der Waals surface area contributed by atoms with Gasteiger partial charge >= 0.3 is 14.8 Å². The van der Waals surface area contributed by atoms with E-state index in [-0.39, 0.29) is 15.4 Å². The normalized spacial score (nSPS) is 27.0. The van der Waals surface area contributed by atoms with E-state index >= 15 is 0 Å². The first-order valence-corrected chi connectivity index (χ1v) is 9.90. The second-order valence-electron chi connectivity index (χ2n) is 4.26. The lowest BCUT2D eigenvalue weighted by Crippen LogP contribution is -2.42. The molecule has 106 valence electrons. The molecule has 0 amide bonds. The van der Waals surface area contributed by atoms with Crippen molar-refractivity contribution < 1.29 is 22.8 Å². The Morgan fingerprint density at radius 3 is 2.22 bits per heavy atom. The van der Waals surface area contributed by atoms with Gasteiger partial charge in [-0.15, -0.1) is 9.45 Å². The maximum atomic E-state index is 11.7. The van der Waals surface area contributed by atoms with Crippen LogP contribution in [-0.4, -0.2) is 53.2 Å². The van der Waals surface area contributed by atoms with Crippen LogP contribution in [0, 0.1) is 0 Å². The van der Waals surface area contributed by atoms with Crippen LogP contribution in [0.1, 0.15) is 13.3 Å². The Hall–Kier alpha value is 0.137. The van der Waals surface area contributed by atoms with Gasteiger partial charge in [-0.2, -0.15) is 0 Å². The fourth-order valence-electron chi connectivity index (χ4n) is 1.53. The predicted molar refractivity (Wildman–Crippen MR) is 75.2 cm³/mol. The molecule has 0 radical (unpaired) electrons. The quantitative estimate of drug-likeness (QED) is 0.284. The highest BCUT2D eigenvalue weighted by atomic mass is 32.8. The van der Waals surface area contributed by atoms with E-state index in [1.807, 2.05) is 6.92 Å². The second kappa shape index (κ2) is 6.53. The van der Waals surface area contributed by atoms with Crippen LogP contribution in [-0.2, 0) is 43.5 Å². The molecular formula is C10H20O5S2Si. The van der Waals surface area contributed by atoms with Gasteiger partial charge < -0.3 is 18.0 Å². The van der Waals surface area contributed by atoms with Gasteiger partial charge in [0.15, 0.2) is 0 Å². The maximum Gasteiger partial charge on any atom is 0.500 e. The van der Waals surface area contributed by atoms with Crippen molar-refractivity contribution in [1.29, 1.82) is 0 Å². The van der Waals surface area contributed by atoms with E-state index in [4.69, 9.17) is 29.2 Å². The summed E-state index contributed by atoms with van der Waals surface area (Å²) in [4.78, 5) is 11.7. The molecule has 18 heavy (non-hydrogen) atoms. The summed E-state index contributed by atoms with van der Waals surface area (Å²) in [5, 5.41) is 0. The molecule has 1 aliphatic rings. The SMILES string of the molecule is CO[Si](CCCOC(=O)C1(C)CS1=S)(OC)OC. The molecule has 2 unspecified atom stereocenters. The average Bonchev–Trinajstić information content (AvgIpc) is 3.00. The van der Waals surface area contributed by atoms with Crippen molar-refractivity contribution >= 4 is 35.4 Å². The molecule has 0 aliphatic carbocycles. The van der Waals surface area contributed by atoms with E-state index in [0.717, 1.165) is 5.75 Å². The summed E-state index contributed by atoms with van der Waals surface area (Å²) >= 11 is 5.11. The summed E-state index contributed by atoms with van der Waals surface area (Å²) in [6, 6.07) is 0.625. The summed E-state index contributed by atoms with van der Waals surface area (Å²) in [5.41, 5.74) is 0. The Morgan fingerprint density at radius 2 is 1.83 bits per heavy atom. The van der Waals surface area contributed by atoms with Crippen molar-refractivity contribution in [3.63, 3.8) is 0 Å². The molecule has 8 heteroatoms. The minimum Gasteiger partial charge on any atom is -0.465 e. The molecule has 0 bridgehead atoms. The predicted octanol–water partition coefficient (Wildman–Crippen LogP) is 0.650. The second-order valence-corrected chi connectivity index (χ2v) is 10.4. The van der Waals surface area contributed by atoms with Crippen LogP contribution in [0.15, 0.2) is 0 Å². The Kier molecular flexibility index (Phi) is 5.88. The third kappa shape index (κ3) is 3.58. The molecule has 1 saturated heterocycles. The van der Waals surface area contributed by atoms with Gasteiger partial charge in [-0.25, -0.2) is 0 Å².